The number of methoxy groups -OCH3 is 2. The maximum absolute atomic E-state index is 14.0. The van der Waals surface area contributed by atoms with Crippen LogP contribution < -0.4 is 9.47 Å². The van der Waals surface area contributed by atoms with Crippen LogP contribution in [0.2, 0.25) is 0 Å². The highest BCUT2D eigenvalue weighted by molar-refractivity contribution is 7.89. The molecule has 4 aromatic rings. The minimum Gasteiger partial charge on any atom is -0.493 e. The number of thiophene rings is 1. The lowest BCUT2D eigenvalue weighted by atomic mass is 10.1. The zero-order valence-electron chi connectivity index (χ0n) is 23.0. The van der Waals surface area contributed by atoms with Crippen molar-refractivity contribution in [2.45, 2.75) is 43.7 Å². The Kier molecular flexibility index (Phi) is 8.44. The fraction of sp³-hybridized carbons (Fsp3) is 0.323. The van der Waals surface area contributed by atoms with Gasteiger partial charge in [0.2, 0.25) is 15.9 Å². The molecule has 1 aromatic heterocycles. The second kappa shape index (κ2) is 12.0. The summed E-state index contributed by atoms with van der Waals surface area (Å²) >= 11 is 1.65. The van der Waals surface area contributed by atoms with Crippen LogP contribution in [0.4, 0.5) is 0 Å². The molecule has 1 aliphatic rings. The van der Waals surface area contributed by atoms with E-state index in [1.165, 1.54) is 9.18 Å². The van der Waals surface area contributed by atoms with Gasteiger partial charge in [-0.25, -0.2) is 8.42 Å². The average Bonchev–Trinajstić information content (AvgIpc) is 3.73. The van der Waals surface area contributed by atoms with E-state index in [1.807, 2.05) is 67.6 Å². The number of ether oxygens (including phenoxy) is 2. The lowest BCUT2D eigenvalue weighted by Crippen LogP contribution is -2.44. The summed E-state index contributed by atoms with van der Waals surface area (Å²) in [5.41, 5.74) is 1.00. The zero-order valence-corrected chi connectivity index (χ0v) is 24.6. The maximum atomic E-state index is 14.0. The summed E-state index contributed by atoms with van der Waals surface area (Å²) in [4.78, 5) is 18.1. The van der Waals surface area contributed by atoms with E-state index in [9.17, 15) is 13.2 Å². The van der Waals surface area contributed by atoms with Gasteiger partial charge in [-0.2, -0.15) is 4.31 Å². The molecule has 1 heterocycles. The monoisotopic (exact) mass is 578 g/mol. The van der Waals surface area contributed by atoms with Gasteiger partial charge >= 0.3 is 0 Å². The van der Waals surface area contributed by atoms with E-state index >= 15 is 0 Å². The molecule has 0 N–H and O–H groups in total. The predicted octanol–water partition coefficient (Wildman–Crippen LogP) is 5.65. The maximum Gasteiger partial charge on any atom is 0.244 e. The molecular weight excluding hydrogens is 544 g/mol. The van der Waals surface area contributed by atoms with Crippen LogP contribution in [0.5, 0.6) is 11.5 Å². The Morgan fingerprint density at radius 2 is 1.70 bits per heavy atom. The molecule has 0 radical (unpaired) electrons. The second-order valence-corrected chi connectivity index (χ2v) is 13.3. The Morgan fingerprint density at radius 3 is 2.40 bits per heavy atom. The van der Waals surface area contributed by atoms with Gasteiger partial charge in [-0.3, -0.25) is 4.79 Å². The predicted molar refractivity (Wildman–Crippen MR) is 159 cm³/mol. The molecule has 3 aromatic carbocycles. The Hall–Kier alpha value is -3.40. The van der Waals surface area contributed by atoms with Gasteiger partial charge in [0.15, 0.2) is 11.5 Å². The fourth-order valence-electron chi connectivity index (χ4n) is 4.90. The molecular formula is C31H34N2O5S2. The van der Waals surface area contributed by atoms with Crippen molar-refractivity contribution in [3.8, 4) is 11.5 Å². The summed E-state index contributed by atoms with van der Waals surface area (Å²) in [6, 6.07) is 22.4. The van der Waals surface area contributed by atoms with Crippen LogP contribution in [0.1, 0.15) is 28.2 Å². The Morgan fingerprint density at radius 1 is 0.950 bits per heavy atom. The number of aryl methyl sites for hydroxylation is 1. The highest BCUT2D eigenvalue weighted by Gasteiger charge is 2.40. The third kappa shape index (κ3) is 6.16. The van der Waals surface area contributed by atoms with Crippen molar-refractivity contribution in [3.05, 3.63) is 88.1 Å². The molecule has 9 heteroatoms. The Bertz CT molecular complexity index is 1610. The second-order valence-electron chi connectivity index (χ2n) is 10.0. The van der Waals surface area contributed by atoms with Gasteiger partial charge in [0, 0.05) is 27.7 Å². The number of nitrogens with zero attached hydrogens (tertiary/aromatic N) is 2. The lowest BCUT2D eigenvalue weighted by Gasteiger charge is -2.27. The van der Waals surface area contributed by atoms with Crippen LogP contribution in [-0.2, 0) is 27.8 Å². The Labute approximate surface area is 240 Å². The van der Waals surface area contributed by atoms with E-state index in [4.69, 9.17) is 9.47 Å². The molecule has 1 amide bonds. The van der Waals surface area contributed by atoms with E-state index in [0.717, 1.165) is 28.7 Å². The van der Waals surface area contributed by atoms with Crippen molar-refractivity contribution in [2.24, 2.45) is 0 Å². The number of amides is 1. The molecule has 0 atom stereocenters. The summed E-state index contributed by atoms with van der Waals surface area (Å²) in [5, 5.41) is 1.53. The minimum atomic E-state index is -3.89. The molecule has 1 aliphatic carbocycles. The van der Waals surface area contributed by atoms with E-state index in [0.29, 0.717) is 36.4 Å². The zero-order chi connectivity index (χ0) is 28.3. The number of rotatable bonds is 12. The van der Waals surface area contributed by atoms with Crippen LogP contribution in [0.15, 0.2) is 77.7 Å². The van der Waals surface area contributed by atoms with Crippen molar-refractivity contribution >= 4 is 38.0 Å². The van der Waals surface area contributed by atoms with E-state index < -0.39 is 10.0 Å². The summed E-state index contributed by atoms with van der Waals surface area (Å²) in [6.07, 6.45) is 2.11. The van der Waals surface area contributed by atoms with Gasteiger partial charge in [-0.1, -0.05) is 42.5 Å². The summed E-state index contributed by atoms with van der Waals surface area (Å²) in [6.45, 7) is 2.72. The molecule has 0 aliphatic heterocycles. The van der Waals surface area contributed by atoms with Gasteiger partial charge < -0.3 is 14.4 Å². The van der Waals surface area contributed by atoms with Crippen molar-refractivity contribution in [1.29, 1.82) is 0 Å². The van der Waals surface area contributed by atoms with Gasteiger partial charge in [-0.15, -0.1) is 11.3 Å². The quantitative estimate of drug-likeness (QED) is 0.217. The normalized spacial score (nSPS) is 13.5. The van der Waals surface area contributed by atoms with Crippen molar-refractivity contribution in [1.82, 2.24) is 9.21 Å². The van der Waals surface area contributed by atoms with Crippen molar-refractivity contribution in [2.75, 3.05) is 27.3 Å². The van der Waals surface area contributed by atoms with E-state index in [1.54, 1.807) is 42.6 Å². The topological polar surface area (TPSA) is 76.2 Å². The van der Waals surface area contributed by atoms with E-state index in [2.05, 4.69) is 0 Å². The smallest absolute Gasteiger partial charge is 0.244 e. The molecule has 5 rings (SSSR count). The molecule has 0 spiro atoms. The molecule has 1 fully saturated rings. The van der Waals surface area contributed by atoms with Gasteiger partial charge in [0.25, 0.3) is 0 Å². The summed E-state index contributed by atoms with van der Waals surface area (Å²) < 4.78 is 40.2. The Balaban J connectivity index is 1.40. The first-order chi connectivity index (χ1) is 19.3. The van der Waals surface area contributed by atoms with Crippen LogP contribution in [0.25, 0.3) is 10.8 Å². The largest absolute Gasteiger partial charge is 0.493 e. The van der Waals surface area contributed by atoms with Gasteiger partial charge in [0.1, 0.15) is 0 Å². The number of sulfonamides is 1. The first-order valence-corrected chi connectivity index (χ1v) is 15.6. The van der Waals surface area contributed by atoms with Gasteiger partial charge in [0.05, 0.1) is 32.2 Å². The van der Waals surface area contributed by atoms with Crippen molar-refractivity contribution < 1.29 is 22.7 Å². The first kappa shape index (κ1) is 28.1. The number of hydrogen-bond donors (Lipinski definition) is 0. The summed E-state index contributed by atoms with van der Waals surface area (Å²) in [7, 11) is -0.695. The summed E-state index contributed by atoms with van der Waals surface area (Å²) in [5.74, 6) is 1.07. The standard InChI is InChI=1S/C31H34N2O5S2/c1-22-11-15-26(39-22)20-32(18-17-23-12-16-28(37-2)29(19-23)38-3)31(34)21-33(25-13-14-25)40(35,36)30-10-6-8-24-7-4-5-9-27(24)30/h4-12,15-16,19,25H,13-14,17-18,20-21H2,1-3H3. The lowest BCUT2D eigenvalue weighted by molar-refractivity contribution is -0.132. The highest BCUT2D eigenvalue weighted by atomic mass is 32.2. The molecule has 7 nitrogen and oxygen atoms in total. The number of benzene rings is 3. The van der Waals surface area contributed by atoms with Crippen LogP contribution in [-0.4, -0.2) is 56.9 Å². The fourth-order valence-corrected chi connectivity index (χ4v) is 7.66. The van der Waals surface area contributed by atoms with Crippen LogP contribution in [0, 0.1) is 6.92 Å². The minimum absolute atomic E-state index is 0.162. The van der Waals surface area contributed by atoms with E-state index in [-0.39, 0.29) is 23.4 Å². The molecule has 1 saturated carbocycles. The molecule has 210 valence electrons. The third-order valence-corrected chi connectivity index (χ3v) is 10.1. The molecule has 0 bridgehead atoms. The van der Waals surface area contributed by atoms with Gasteiger partial charge in [-0.05, 0) is 67.5 Å². The SMILES string of the molecule is COc1ccc(CCN(Cc2ccc(C)s2)C(=O)CN(C2CC2)S(=O)(=O)c2cccc3ccccc23)cc1OC. The first-order valence-electron chi connectivity index (χ1n) is 13.3. The number of carbonyl (C=O) groups excluding carboxylic acids is 1. The highest BCUT2D eigenvalue weighted by Crippen LogP contribution is 2.35. The third-order valence-electron chi connectivity index (χ3n) is 7.20. The van der Waals surface area contributed by atoms with Crippen molar-refractivity contribution in [3.63, 3.8) is 0 Å². The number of hydrogen-bond acceptors (Lipinski definition) is 6. The average molecular weight is 579 g/mol. The molecule has 40 heavy (non-hydrogen) atoms. The number of fused-ring (bicyclic) bond motifs is 1. The number of carbonyl (C=O) groups is 1. The van der Waals surface area contributed by atoms with Crippen LogP contribution >= 0.6 is 11.3 Å². The van der Waals surface area contributed by atoms with Crippen LogP contribution in [0.3, 0.4) is 0 Å². The molecule has 0 saturated heterocycles. The molecule has 0 unspecified atom stereocenters.